The topological polar surface area (TPSA) is 0 Å². The van der Waals surface area contributed by atoms with Crippen LogP contribution in [-0.4, -0.2) is 0 Å². The fourth-order valence-electron chi connectivity index (χ4n) is 3.39. The molecule has 0 saturated carbocycles. The average molecular weight is 322 g/mol. The molecule has 0 heterocycles. The summed E-state index contributed by atoms with van der Waals surface area (Å²) < 4.78 is 0. The van der Waals surface area contributed by atoms with E-state index in [-0.39, 0.29) is 0 Å². The van der Waals surface area contributed by atoms with Crippen molar-refractivity contribution in [1.29, 1.82) is 0 Å². The first-order valence-electron chi connectivity index (χ1n) is 8.91. The van der Waals surface area contributed by atoms with Crippen molar-refractivity contribution in [2.24, 2.45) is 0 Å². The molecule has 0 N–H and O–H groups in total. The van der Waals surface area contributed by atoms with Crippen LogP contribution in [0.5, 0.6) is 0 Å². The Morgan fingerprint density at radius 1 is 0.560 bits per heavy atom. The van der Waals surface area contributed by atoms with E-state index in [0.717, 1.165) is 0 Å². The van der Waals surface area contributed by atoms with Crippen molar-refractivity contribution in [2.75, 3.05) is 0 Å². The SMILES string of the molecule is CC(C)c1cc(-c2ccccc2)c2ccc(-c3ccccc3)cc2c1. The highest BCUT2D eigenvalue weighted by atomic mass is 14.1. The minimum atomic E-state index is 0.507. The van der Waals surface area contributed by atoms with Crippen LogP contribution in [-0.2, 0) is 0 Å². The Bertz CT molecular complexity index is 996. The molecule has 0 amide bonds. The van der Waals surface area contributed by atoms with Crippen LogP contribution in [0.15, 0.2) is 91.0 Å². The fraction of sp³-hybridized carbons (Fsp3) is 0.120. The van der Waals surface area contributed by atoms with Gasteiger partial charge in [0.2, 0.25) is 0 Å². The van der Waals surface area contributed by atoms with E-state index in [1.807, 2.05) is 0 Å². The summed E-state index contributed by atoms with van der Waals surface area (Å²) in [6, 6.07) is 32.8. The molecule has 0 fully saturated rings. The standard InChI is InChI=1S/C25H22/c1-18(2)22-16-23-15-21(19-9-5-3-6-10-19)13-14-24(23)25(17-22)20-11-7-4-8-12-20/h3-18H,1-2H3. The monoisotopic (exact) mass is 322 g/mol. The lowest BCUT2D eigenvalue weighted by molar-refractivity contribution is 0.869. The minimum Gasteiger partial charge on any atom is -0.0622 e. The number of rotatable bonds is 3. The van der Waals surface area contributed by atoms with Gasteiger partial charge in [-0.15, -0.1) is 0 Å². The summed E-state index contributed by atoms with van der Waals surface area (Å²) in [5, 5.41) is 2.63. The second-order valence-corrected chi connectivity index (χ2v) is 6.89. The zero-order valence-corrected chi connectivity index (χ0v) is 14.7. The first kappa shape index (κ1) is 15.7. The zero-order chi connectivity index (χ0) is 17.2. The van der Waals surface area contributed by atoms with E-state index in [9.17, 15) is 0 Å². The van der Waals surface area contributed by atoms with Gasteiger partial charge in [-0.1, -0.05) is 98.8 Å². The summed E-state index contributed by atoms with van der Waals surface area (Å²) >= 11 is 0. The molecule has 4 aromatic carbocycles. The van der Waals surface area contributed by atoms with E-state index in [1.165, 1.54) is 38.6 Å². The third-order valence-corrected chi connectivity index (χ3v) is 4.83. The summed E-state index contributed by atoms with van der Waals surface area (Å²) in [6.45, 7) is 4.52. The van der Waals surface area contributed by atoms with E-state index >= 15 is 0 Å². The van der Waals surface area contributed by atoms with E-state index in [4.69, 9.17) is 0 Å². The Hall–Kier alpha value is -2.86. The van der Waals surface area contributed by atoms with E-state index in [1.54, 1.807) is 0 Å². The van der Waals surface area contributed by atoms with E-state index in [2.05, 4.69) is 105 Å². The number of fused-ring (bicyclic) bond motifs is 1. The first-order valence-corrected chi connectivity index (χ1v) is 8.91. The highest BCUT2D eigenvalue weighted by Gasteiger charge is 2.10. The van der Waals surface area contributed by atoms with Crippen molar-refractivity contribution in [3.63, 3.8) is 0 Å². The number of hydrogen-bond donors (Lipinski definition) is 0. The van der Waals surface area contributed by atoms with Gasteiger partial charge in [0.05, 0.1) is 0 Å². The Morgan fingerprint density at radius 2 is 1.20 bits per heavy atom. The molecule has 0 atom stereocenters. The number of benzene rings is 4. The molecule has 0 bridgehead atoms. The van der Waals surface area contributed by atoms with Gasteiger partial charge in [-0.3, -0.25) is 0 Å². The van der Waals surface area contributed by atoms with Gasteiger partial charge in [0.1, 0.15) is 0 Å². The van der Waals surface area contributed by atoms with Crippen LogP contribution in [0.3, 0.4) is 0 Å². The fourth-order valence-corrected chi connectivity index (χ4v) is 3.39. The smallest absolute Gasteiger partial charge is 0.0103 e. The molecular weight excluding hydrogens is 300 g/mol. The molecule has 0 saturated heterocycles. The van der Waals surface area contributed by atoms with Crippen molar-refractivity contribution in [2.45, 2.75) is 19.8 Å². The van der Waals surface area contributed by atoms with E-state index < -0.39 is 0 Å². The van der Waals surface area contributed by atoms with Crippen molar-refractivity contribution in [3.8, 4) is 22.3 Å². The van der Waals surface area contributed by atoms with Crippen molar-refractivity contribution in [1.82, 2.24) is 0 Å². The van der Waals surface area contributed by atoms with Crippen LogP contribution in [0.25, 0.3) is 33.0 Å². The maximum atomic E-state index is 2.35. The van der Waals surface area contributed by atoms with Crippen LogP contribution in [0.4, 0.5) is 0 Å². The Labute approximate surface area is 149 Å². The maximum absolute atomic E-state index is 2.35. The minimum absolute atomic E-state index is 0.507. The molecule has 0 radical (unpaired) electrons. The summed E-state index contributed by atoms with van der Waals surface area (Å²) in [7, 11) is 0. The molecule has 0 nitrogen and oxygen atoms in total. The summed E-state index contributed by atoms with van der Waals surface area (Å²) in [5.41, 5.74) is 6.52. The van der Waals surface area contributed by atoms with Gasteiger partial charge in [-0.2, -0.15) is 0 Å². The summed E-state index contributed by atoms with van der Waals surface area (Å²) in [6.07, 6.45) is 0. The van der Waals surface area contributed by atoms with Gasteiger partial charge in [0.25, 0.3) is 0 Å². The molecule has 0 unspecified atom stereocenters. The number of hydrogen-bond acceptors (Lipinski definition) is 0. The summed E-state index contributed by atoms with van der Waals surface area (Å²) in [4.78, 5) is 0. The summed E-state index contributed by atoms with van der Waals surface area (Å²) in [5.74, 6) is 0.507. The zero-order valence-electron chi connectivity index (χ0n) is 14.7. The van der Waals surface area contributed by atoms with E-state index in [0.29, 0.717) is 5.92 Å². The molecule has 0 aliphatic rings. The Morgan fingerprint density at radius 3 is 1.84 bits per heavy atom. The lowest BCUT2D eigenvalue weighted by atomic mass is 9.90. The first-order chi connectivity index (χ1) is 12.2. The predicted octanol–water partition coefficient (Wildman–Crippen LogP) is 7.30. The molecule has 122 valence electrons. The third kappa shape index (κ3) is 3.08. The molecule has 4 rings (SSSR count). The molecule has 25 heavy (non-hydrogen) atoms. The molecule has 0 heteroatoms. The highest BCUT2D eigenvalue weighted by molar-refractivity contribution is 5.99. The van der Waals surface area contributed by atoms with Crippen molar-refractivity contribution < 1.29 is 0 Å². The van der Waals surface area contributed by atoms with Gasteiger partial charge in [-0.05, 0) is 50.6 Å². The third-order valence-electron chi connectivity index (χ3n) is 4.83. The van der Waals surface area contributed by atoms with Gasteiger partial charge in [0, 0.05) is 0 Å². The highest BCUT2D eigenvalue weighted by Crippen LogP contribution is 2.34. The normalized spacial score (nSPS) is 11.2. The lowest BCUT2D eigenvalue weighted by Gasteiger charge is -2.14. The Balaban J connectivity index is 1.96. The van der Waals surface area contributed by atoms with Gasteiger partial charge in [0.15, 0.2) is 0 Å². The van der Waals surface area contributed by atoms with Gasteiger partial charge >= 0.3 is 0 Å². The average Bonchev–Trinajstić information content (AvgIpc) is 2.68. The quantitative estimate of drug-likeness (QED) is 0.371. The molecule has 0 spiro atoms. The van der Waals surface area contributed by atoms with Crippen LogP contribution >= 0.6 is 0 Å². The molecule has 0 aliphatic carbocycles. The molecule has 4 aromatic rings. The van der Waals surface area contributed by atoms with Gasteiger partial charge in [-0.25, -0.2) is 0 Å². The Kier molecular flexibility index (Phi) is 4.11. The second-order valence-electron chi connectivity index (χ2n) is 6.89. The maximum Gasteiger partial charge on any atom is -0.0103 e. The van der Waals surface area contributed by atoms with Crippen LogP contribution in [0.1, 0.15) is 25.3 Å². The largest absolute Gasteiger partial charge is 0.0622 e. The van der Waals surface area contributed by atoms with Crippen molar-refractivity contribution >= 4 is 10.8 Å². The molecular formula is C25H22. The second kappa shape index (κ2) is 6.57. The molecule has 0 aliphatic heterocycles. The van der Waals surface area contributed by atoms with Crippen LogP contribution < -0.4 is 0 Å². The molecule has 0 aromatic heterocycles. The van der Waals surface area contributed by atoms with Gasteiger partial charge < -0.3 is 0 Å². The van der Waals surface area contributed by atoms with Crippen LogP contribution in [0, 0.1) is 0 Å². The predicted molar refractivity (Wildman–Crippen MR) is 109 cm³/mol. The lowest BCUT2D eigenvalue weighted by Crippen LogP contribution is -1.91. The van der Waals surface area contributed by atoms with Crippen molar-refractivity contribution in [3.05, 3.63) is 96.6 Å². The van der Waals surface area contributed by atoms with Crippen LogP contribution in [0.2, 0.25) is 0 Å².